The largest absolute Gasteiger partial charge is 0.388 e. The summed E-state index contributed by atoms with van der Waals surface area (Å²) in [7, 11) is 0. The summed E-state index contributed by atoms with van der Waals surface area (Å²) in [6.07, 6.45) is 11.9. The minimum Gasteiger partial charge on any atom is -0.388 e. The number of carbonyl (C=O) groups is 1. The molecule has 4 rings (SSSR count). The minimum atomic E-state index is -1.03. The highest BCUT2D eigenvalue weighted by molar-refractivity contribution is 5.92. The standard InChI is InChI=1S/C34H47NO6/c1-2-3-4-5-6-7-8-9-10-17-24-38-34-30(35-29(36)23-22-26-18-13-11-14-19-26)31(37)32-28(40-34)25-39-33(41-32)27-20-15-12-16-21-27/h11-16,18-23,28,30-34,37H,2-10,17,24-25H2,1H3,(H,35,36)/b23-22+/t28-,30-,31+,32-,33-,34-/m1/s1. The molecule has 2 fully saturated rings. The summed E-state index contributed by atoms with van der Waals surface area (Å²) in [5, 5.41) is 14.4. The monoisotopic (exact) mass is 565 g/mol. The number of rotatable bonds is 16. The third kappa shape index (κ3) is 10.0. The molecule has 2 saturated heterocycles. The number of aliphatic hydroxyl groups is 1. The predicted molar refractivity (Wildman–Crippen MR) is 160 cm³/mol. The van der Waals surface area contributed by atoms with E-state index >= 15 is 0 Å². The summed E-state index contributed by atoms with van der Waals surface area (Å²) in [6.45, 7) is 3.00. The van der Waals surface area contributed by atoms with Crippen LogP contribution in [0.1, 0.15) is 88.5 Å². The van der Waals surface area contributed by atoms with Gasteiger partial charge < -0.3 is 29.4 Å². The molecule has 2 aromatic rings. The van der Waals surface area contributed by atoms with Crippen molar-refractivity contribution >= 4 is 12.0 Å². The van der Waals surface area contributed by atoms with Gasteiger partial charge in [0.25, 0.3) is 0 Å². The summed E-state index contributed by atoms with van der Waals surface area (Å²) >= 11 is 0. The first-order valence-electron chi connectivity index (χ1n) is 15.5. The summed E-state index contributed by atoms with van der Waals surface area (Å²) in [6, 6.07) is 18.4. The first-order valence-corrected chi connectivity index (χ1v) is 15.5. The van der Waals surface area contributed by atoms with Crippen LogP contribution in [0.15, 0.2) is 66.7 Å². The van der Waals surface area contributed by atoms with E-state index in [0.29, 0.717) is 6.61 Å². The Bertz CT molecular complexity index is 1030. The lowest BCUT2D eigenvalue weighted by Crippen LogP contribution is -2.66. The Morgan fingerprint density at radius 3 is 2.22 bits per heavy atom. The van der Waals surface area contributed by atoms with Crippen molar-refractivity contribution in [2.24, 2.45) is 0 Å². The number of amides is 1. The number of benzene rings is 2. The molecule has 1 amide bonds. The zero-order valence-corrected chi connectivity index (χ0v) is 24.4. The molecule has 0 aromatic heterocycles. The molecule has 2 aliphatic rings. The number of fused-ring (bicyclic) bond motifs is 1. The Labute approximate surface area is 245 Å². The van der Waals surface area contributed by atoms with Crippen molar-refractivity contribution in [1.82, 2.24) is 5.32 Å². The number of carbonyl (C=O) groups excluding carboxylic acids is 1. The van der Waals surface area contributed by atoms with Crippen LogP contribution in [-0.2, 0) is 23.7 Å². The average molecular weight is 566 g/mol. The van der Waals surface area contributed by atoms with E-state index in [1.54, 1.807) is 6.08 Å². The molecule has 0 spiro atoms. The molecule has 0 bridgehead atoms. The molecule has 7 nitrogen and oxygen atoms in total. The number of aliphatic hydroxyl groups excluding tert-OH is 1. The van der Waals surface area contributed by atoms with E-state index in [4.69, 9.17) is 18.9 Å². The molecule has 2 aliphatic heterocycles. The van der Waals surface area contributed by atoms with Crippen LogP contribution in [0, 0.1) is 0 Å². The molecule has 0 unspecified atom stereocenters. The van der Waals surface area contributed by atoms with Gasteiger partial charge >= 0.3 is 0 Å². The van der Waals surface area contributed by atoms with E-state index in [2.05, 4.69) is 12.2 Å². The second-order valence-electron chi connectivity index (χ2n) is 11.0. The molecule has 2 heterocycles. The van der Waals surface area contributed by atoms with Crippen molar-refractivity contribution < 1.29 is 28.8 Å². The molecule has 0 aliphatic carbocycles. The number of nitrogens with one attached hydrogen (secondary N) is 1. The van der Waals surface area contributed by atoms with Crippen LogP contribution in [-0.4, -0.2) is 54.9 Å². The van der Waals surface area contributed by atoms with Gasteiger partial charge in [0.05, 0.1) is 6.61 Å². The molecule has 224 valence electrons. The molecule has 2 aromatic carbocycles. The van der Waals surface area contributed by atoms with E-state index in [9.17, 15) is 9.90 Å². The van der Waals surface area contributed by atoms with Crippen LogP contribution in [0.3, 0.4) is 0 Å². The molecule has 6 atom stereocenters. The van der Waals surface area contributed by atoms with Gasteiger partial charge in [0.2, 0.25) is 5.91 Å². The second kappa shape index (κ2) is 17.4. The first-order chi connectivity index (χ1) is 20.2. The van der Waals surface area contributed by atoms with Crippen LogP contribution in [0.25, 0.3) is 6.08 Å². The quantitative estimate of drug-likeness (QED) is 0.183. The van der Waals surface area contributed by atoms with Crippen molar-refractivity contribution in [2.45, 2.75) is 108 Å². The van der Waals surface area contributed by atoms with E-state index in [1.807, 2.05) is 60.7 Å². The minimum absolute atomic E-state index is 0.258. The fourth-order valence-electron chi connectivity index (χ4n) is 5.40. The SMILES string of the molecule is CCCCCCCCCCCCO[C@@H]1O[C@@H]2CO[C@@H](c3ccccc3)O[C@H]2[C@@H](O)[C@H]1NC(=O)/C=C/c1ccccc1. The summed E-state index contributed by atoms with van der Waals surface area (Å²) < 4.78 is 24.5. The molecule has 0 saturated carbocycles. The maximum absolute atomic E-state index is 12.9. The van der Waals surface area contributed by atoms with Gasteiger partial charge in [-0.15, -0.1) is 0 Å². The van der Waals surface area contributed by atoms with Gasteiger partial charge in [0.1, 0.15) is 24.4 Å². The molecule has 2 N–H and O–H groups in total. The predicted octanol–water partition coefficient (Wildman–Crippen LogP) is 6.32. The number of ether oxygens (including phenoxy) is 4. The smallest absolute Gasteiger partial charge is 0.244 e. The topological polar surface area (TPSA) is 86.2 Å². The third-order valence-electron chi connectivity index (χ3n) is 7.75. The highest BCUT2D eigenvalue weighted by atomic mass is 16.7. The maximum atomic E-state index is 12.9. The Balaban J connectivity index is 1.30. The second-order valence-corrected chi connectivity index (χ2v) is 11.0. The lowest BCUT2D eigenvalue weighted by atomic mass is 9.95. The lowest BCUT2D eigenvalue weighted by Gasteiger charge is -2.47. The zero-order chi connectivity index (χ0) is 28.7. The van der Waals surface area contributed by atoms with Crippen LogP contribution in [0.2, 0.25) is 0 Å². The van der Waals surface area contributed by atoms with Gasteiger partial charge in [-0.05, 0) is 18.1 Å². The average Bonchev–Trinajstić information content (AvgIpc) is 3.01. The first kappa shape index (κ1) is 31.4. The van der Waals surface area contributed by atoms with Gasteiger partial charge in [0, 0.05) is 18.2 Å². The number of hydrogen-bond acceptors (Lipinski definition) is 6. The van der Waals surface area contributed by atoms with E-state index < -0.39 is 36.9 Å². The number of hydrogen-bond donors (Lipinski definition) is 2. The van der Waals surface area contributed by atoms with Crippen molar-refractivity contribution in [3.63, 3.8) is 0 Å². The molecule has 41 heavy (non-hydrogen) atoms. The summed E-state index contributed by atoms with van der Waals surface area (Å²) in [5.74, 6) is -0.334. The molecule has 0 radical (unpaired) electrons. The van der Waals surface area contributed by atoms with E-state index in [-0.39, 0.29) is 12.5 Å². The normalized spacial score (nSPS) is 26.1. The van der Waals surface area contributed by atoms with Crippen LogP contribution < -0.4 is 5.32 Å². The Hall–Kier alpha value is -2.55. The highest BCUT2D eigenvalue weighted by Crippen LogP contribution is 2.34. The van der Waals surface area contributed by atoms with Crippen LogP contribution in [0.5, 0.6) is 0 Å². The maximum Gasteiger partial charge on any atom is 0.244 e. The molecule has 7 heteroatoms. The lowest BCUT2D eigenvalue weighted by molar-refractivity contribution is -0.344. The highest BCUT2D eigenvalue weighted by Gasteiger charge is 2.50. The van der Waals surface area contributed by atoms with Crippen molar-refractivity contribution in [3.8, 4) is 0 Å². The van der Waals surface area contributed by atoms with Gasteiger partial charge in [0.15, 0.2) is 12.6 Å². The van der Waals surface area contributed by atoms with Gasteiger partial charge in [-0.2, -0.15) is 0 Å². The number of unbranched alkanes of at least 4 members (excludes halogenated alkanes) is 9. The Morgan fingerprint density at radius 2 is 1.54 bits per heavy atom. The van der Waals surface area contributed by atoms with Crippen molar-refractivity contribution in [3.05, 3.63) is 77.9 Å². The van der Waals surface area contributed by atoms with Gasteiger partial charge in [-0.1, -0.05) is 125 Å². The van der Waals surface area contributed by atoms with Gasteiger partial charge in [-0.25, -0.2) is 0 Å². The fourth-order valence-corrected chi connectivity index (χ4v) is 5.40. The molecular formula is C34H47NO6. The fraction of sp³-hybridized carbons (Fsp3) is 0.559. The van der Waals surface area contributed by atoms with Crippen molar-refractivity contribution in [2.75, 3.05) is 13.2 Å². The molecular weight excluding hydrogens is 518 g/mol. The van der Waals surface area contributed by atoms with E-state index in [1.165, 1.54) is 57.4 Å². The summed E-state index contributed by atoms with van der Waals surface area (Å²) in [4.78, 5) is 12.9. The Kier molecular flexibility index (Phi) is 13.3. The van der Waals surface area contributed by atoms with E-state index in [0.717, 1.165) is 24.0 Å². The summed E-state index contributed by atoms with van der Waals surface area (Å²) in [5.41, 5.74) is 1.78. The Morgan fingerprint density at radius 1 is 0.902 bits per heavy atom. The van der Waals surface area contributed by atoms with Crippen LogP contribution >= 0.6 is 0 Å². The zero-order valence-electron chi connectivity index (χ0n) is 24.4. The van der Waals surface area contributed by atoms with Crippen LogP contribution in [0.4, 0.5) is 0 Å². The third-order valence-corrected chi connectivity index (χ3v) is 7.75. The van der Waals surface area contributed by atoms with Crippen molar-refractivity contribution in [1.29, 1.82) is 0 Å². The van der Waals surface area contributed by atoms with Gasteiger partial charge in [-0.3, -0.25) is 4.79 Å².